The average molecular weight is 370 g/mol. The van der Waals surface area contributed by atoms with Crippen LogP contribution in [0.2, 0.25) is 10.0 Å². The molecule has 0 aliphatic heterocycles. The van der Waals surface area contributed by atoms with Crippen molar-refractivity contribution >= 4 is 46.4 Å². The van der Waals surface area contributed by atoms with Crippen LogP contribution in [0.15, 0.2) is 41.9 Å². The van der Waals surface area contributed by atoms with Gasteiger partial charge in [-0.3, -0.25) is 4.79 Å². The monoisotopic (exact) mass is 369 g/mol. The number of nitrogens with one attached hydrogen (secondary N) is 1. The number of hydrogen-bond acceptors (Lipinski definition) is 4. The SMILES string of the molecule is CCCNC(SC)=C(C(=O)c1ccc(Cl)cc1Cl)n1ccnc1. The van der Waals surface area contributed by atoms with Crippen LogP contribution in [0, 0.1) is 0 Å². The van der Waals surface area contributed by atoms with E-state index in [1.54, 1.807) is 41.5 Å². The van der Waals surface area contributed by atoms with Gasteiger partial charge in [0.05, 0.1) is 16.4 Å². The normalized spacial score (nSPS) is 12.0. The Kier molecular flexibility index (Phi) is 6.57. The minimum absolute atomic E-state index is 0.183. The van der Waals surface area contributed by atoms with Crippen LogP contribution in [-0.4, -0.2) is 28.1 Å². The van der Waals surface area contributed by atoms with Gasteiger partial charge >= 0.3 is 0 Å². The van der Waals surface area contributed by atoms with Gasteiger partial charge < -0.3 is 9.88 Å². The highest BCUT2D eigenvalue weighted by Gasteiger charge is 2.21. The van der Waals surface area contributed by atoms with E-state index in [9.17, 15) is 4.79 Å². The Morgan fingerprint density at radius 2 is 2.17 bits per heavy atom. The molecule has 7 heteroatoms. The minimum Gasteiger partial charge on any atom is -0.378 e. The zero-order valence-electron chi connectivity index (χ0n) is 12.8. The lowest BCUT2D eigenvalue weighted by atomic mass is 10.1. The van der Waals surface area contributed by atoms with Gasteiger partial charge in [0.25, 0.3) is 0 Å². The predicted octanol–water partition coefficient (Wildman–Crippen LogP) is 4.56. The first kappa shape index (κ1) is 17.9. The molecule has 0 bridgehead atoms. The lowest BCUT2D eigenvalue weighted by Gasteiger charge is -2.16. The van der Waals surface area contributed by atoms with Gasteiger partial charge in [0.15, 0.2) is 0 Å². The van der Waals surface area contributed by atoms with Crippen molar-refractivity contribution < 1.29 is 4.79 Å². The number of allylic oxidation sites excluding steroid dienone is 1. The van der Waals surface area contributed by atoms with E-state index >= 15 is 0 Å². The first-order valence-corrected chi connectivity index (χ1v) is 9.06. The first-order chi connectivity index (χ1) is 11.1. The lowest BCUT2D eigenvalue weighted by molar-refractivity contribution is 0.105. The maximum atomic E-state index is 13.1. The summed E-state index contributed by atoms with van der Waals surface area (Å²) >= 11 is 13.6. The van der Waals surface area contributed by atoms with Crippen LogP contribution in [0.5, 0.6) is 0 Å². The van der Waals surface area contributed by atoms with Gasteiger partial charge in [0, 0.05) is 29.5 Å². The summed E-state index contributed by atoms with van der Waals surface area (Å²) in [6, 6.07) is 4.87. The second-order valence-electron chi connectivity index (χ2n) is 4.73. The molecule has 1 aromatic heterocycles. The van der Waals surface area contributed by atoms with Gasteiger partial charge in [-0.15, -0.1) is 11.8 Å². The number of nitrogens with zero attached hydrogens (tertiary/aromatic N) is 2. The van der Waals surface area contributed by atoms with Crippen LogP contribution in [0.25, 0.3) is 5.70 Å². The fraction of sp³-hybridized carbons (Fsp3) is 0.250. The molecule has 0 saturated heterocycles. The van der Waals surface area contributed by atoms with Gasteiger partial charge in [-0.25, -0.2) is 4.98 Å². The van der Waals surface area contributed by atoms with E-state index in [2.05, 4.69) is 17.2 Å². The number of halogens is 2. The second-order valence-corrected chi connectivity index (χ2v) is 6.39. The summed E-state index contributed by atoms with van der Waals surface area (Å²) in [6.07, 6.45) is 7.85. The van der Waals surface area contributed by atoms with Gasteiger partial charge in [-0.2, -0.15) is 0 Å². The Morgan fingerprint density at radius 1 is 1.39 bits per heavy atom. The molecule has 2 aromatic rings. The quantitative estimate of drug-likeness (QED) is 0.573. The number of thioether (sulfide) groups is 1. The van der Waals surface area contributed by atoms with Crippen LogP contribution in [0.3, 0.4) is 0 Å². The Balaban J connectivity index is 2.53. The van der Waals surface area contributed by atoms with Crippen LogP contribution in [0.1, 0.15) is 23.7 Å². The summed E-state index contributed by atoms with van der Waals surface area (Å²) < 4.78 is 1.70. The summed E-state index contributed by atoms with van der Waals surface area (Å²) in [5.74, 6) is -0.183. The fourth-order valence-corrected chi connectivity index (χ4v) is 3.15. The van der Waals surface area contributed by atoms with Gasteiger partial charge in [-0.1, -0.05) is 30.1 Å². The van der Waals surface area contributed by atoms with Crippen molar-refractivity contribution in [3.05, 3.63) is 57.6 Å². The molecule has 0 fully saturated rings. The maximum absolute atomic E-state index is 13.1. The largest absolute Gasteiger partial charge is 0.378 e. The van der Waals surface area contributed by atoms with Crippen molar-refractivity contribution in [1.29, 1.82) is 0 Å². The molecular formula is C16H17Cl2N3OS. The van der Waals surface area contributed by atoms with Gasteiger partial charge in [0.1, 0.15) is 5.70 Å². The smallest absolute Gasteiger partial charge is 0.213 e. The number of imidazole rings is 1. The van der Waals surface area contributed by atoms with Crippen LogP contribution in [-0.2, 0) is 0 Å². The molecule has 4 nitrogen and oxygen atoms in total. The summed E-state index contributed by atoms with van der Waals surface area (Å²) in [4.78, 5) is 17.1. The third kappa shape index (κ3) is 4.31. The molecule has 0 unspecified atom stereocenters. The summed E-state index contributed by atoms with van der Waals surface area (Å²) in [6.45, 7) is 2.84. The highest BCUT2D eigenvalue weighted by Crippen LogP contribution is 2.28. The van der Waals surface area contributed by atoms with E-state index in [0.29, 0.717) is 21.3 Å². The molecule has 0 amide bonds. The van der Waals surface area contributed by atoms with E-state index in [-0.39, 0.29) is 5.78 Å². The molecule has 122 valence electrons. The maximum Gasteiger partial charge on any atom is 0.213 e. The number of rotatable bonds is 7. The van der Waals surface area contributed by atoms with Gasteiger partial charge in [-0.05, 0) is 30.9 Å². The van der Waals surface area contributed by atoms with E-state index in [1.165, 1.54) is 11.8 Å². The topological polar surface area (TPSA) is 46.9 Å². The third-order valence-electron chi connectivity index (χ3n) is 3.11. The van der Waals surface area contributed by atoms with E-state index in [0.717, 1.165) is 18.0 Å². The van der Waals surface area contributed by atoms with Crippen molar-refractivity contribution in [2.75, 3.05) is 12.8 Å². The number of hydrogen-bond donors (Lipinski definition) is 1. The van der Waals surface area contributed by atoms with E-state index in [4.69, 9.17) is 23.2 Å². The molecular weight excluding hydrogens is 353 g/mol. The average Bonchev–Trinajstić information content (AvgIpc) is 3.04. The molecule has 2 rings (SSSR count). The number of benzene rings is 1. The highest BCUT2D eigenvalue weighted by molar-refractivity contribution is 8.02. The van der Waals surface area contributed by atoms with Crippen LogP contribution >= 0.6 is 35.0 Å². The lowest BCUT2D eigenvalue weighted by Crippen LogP contribution is -2.20. The summed E-state index contributed by atoms with van der Waals surface area (Å²) in [5, 5.41) is 4.90. The molecule has 1 heterocycles. The number of aromatic nitrogens is 2. The second kappa shape index (κ2) is 8.43. The minimum atomic E-state index is -0.183. The van der Waals surface area contributed by atoms with Crippen molar-refractivity contribution in [3.8, 4) is 0 Å². The standard InChI is InChI=1S/C16H17Cl2N3OS/c1-3-6-20-16(23-2)14(21-8-7-19-10-21)15(22)12-5-4-11(17)9-13(12)18/h4-5,7-10,20H,3,6H2,1-2H3. The summed E-state index contributed by atoms with van der Waals surface area (Å²) in [5.41, 5.74) is 0.900. The molecule has 0 spiro atoms. The zero-order chi connectivity index (χ0) is 16.8. The van der Waals surface area contributed by atoms with Crippen LogP contribution in [0.4, 0.5) is 0 Å². The number of ketones is 1. The van der Waals surface area contributed by atoms with Crippen LogP contribution < -0.4 is 5.32 Å². The molecule has 0 atom stereocenters. The molecule has 1 aromatic carbocycles. The fourth-order valence-electron chi connectivity index (χ4n) is 2.02. The molecule has 1 N–H and O–H groups in total. The molecule has 23 heavy (non-hydrogen) atoms. The van der Waals surface area contributed by atoms with E-state index in [1.807, 2.05) is 6.26 Å². The van der Waals surface area contributed by atoms with Crippen molar-refractivity contribution in [3.63, 3.8) is 0 Å². The Labute approximate surface area is 149 Å². The molecule has 0 aliphatic carbocycles. The molecule has 0 aliphatic rings. The zero-order valence-corrected chi connectivity index (χ0v) is 15.2. The van der Waals surface area contributed by atoms with Crippen molar-refractivity contribution in [1.82, 2.24) is 14.9 Å². The van der Waals surface area contributed by atoms with Crippen molar-refractivity contribution in [2.24, 2.45) is 0 Å². The Bertz CT molecular complexity index is 714. The molecule has 0 radical (unpaired) electrons. The van der Waals surface area contributed by atoms with Gasteiger partial charge in [0.2, 0.25) is 5.78 Å². The number of carbonyl (C=O) groups is 1. The predicted molar refractivity (Wildman–Crippen MR) is 98.0 cm³/mol. The third-order valence-corrected chi connectivity index (χ3v) is 4.40. The number of Topliss-reactive ketones (excluding diaryl/α,β-unsaturated/α-hetero) is 1. The highest BCUT2D eigenvalue weighted by atomic mass is 35.5. The summed E-state index contributed by atoms with van der Waals surface area (Å²) in [7, 11) is 0. The van der Waals surface area contributed by atoms with Crippen molar-refractivity contribution in [2.45, 2.75) is 13.3 Å². The number of carbonyl (C=O) groups excluding carboxylic acids is 1. The molecule has 0 saturated carbocycles. The van der Waals surface area contributed by atoms with E-state index < -0.39 is 0 Å². The Hall–Kier alpha value is -1.43. The Morgan fingerprint density at radius 3 is 2.74 bits per heavy atom. The first-order valence-electron chi connectivity index (χ1n) is 7.08.